The van der Waals surface area contributed by atoms with Crippen LogP contribution in [0.5, 0.6) is 0 Å². The van der Waals surface area contributed by atoms with E-state index in [2.05, 4.69) is 10.2 Å². The van der Waals surface area contributed by atoms with Gasteiger partial charge in [0, 0.05) is 17.4 Å². The van der Waals surface area contributed by atoms with E-state index in [9.17, 15) is 22.8 Å². The summed E-state index contributed by atoms with van der Waals surface area (Å²) in [5.74, 6) is -0.384. The van der Waals surface area contributed by atoms with E-state index in [-0.39, 0.29) is 33.9 Å². The van der Waals surface area contributed by atoms with Gasteiger partial charge in [-0.25, -0.2) is 5.10 Å². The van der Waals surface area contributed by atoms with Crippen LogP contribution in [-0.2, 0) is 12.6 Å². The summed E-state index contributed by atoms with van der Waals surface area (Å²) in [6.45, 7) is 1.34. The van der Waals surface area contributed by atoms with Crippen molar-refractivity contribution < 1.29 is 18.0 Å². The van der Waals surface area contributed by atoms with Crippen molar-refractivity contribution in [1.29, 1.82) is 0 Å². The second-order valence-electron chi connectivity index (χ2n) is 5.79. The molecule has 1 N–H and O–H groups in total. The molecule has 1 aromatic heterocycles. The molecule has 3 rings (SSSR count). The lowest BCUT2D eigenvalue weighted by Gasteiger charge is -2.13. The van der Waals surface area contributed by atoms with Crippen molar-refractivity contribution in [1.82, 2.24) is 10.2 Å². The van der Waals surface area contributed by atoms with Gasteiger partial charge in [0.1, 0.15) is 0 Å². The maximum Gasteiger partial charge on any atom is 0.416 e. The quantitative estimate of drug-likeness (QED) is 0.688. The van der Waals surface area contributed by atoms with Gasteiger partial charge in [-0.2, -0.15) is 18.3 Å². The van der Waals surface area contributed by atoms with E-state index in [4.69, 9.17) is 11.6 Å². The van der Waals surface area contributed by atoms with Crippen LogP contribution in [0.15, 0.2) is 41.2 Å². The smallest absolute Gasteiger partial charge is 0.294 e. The molecule has 0 aliphatic rings. The number of alkyl halides is 3. The number of fused-ring (bicyclic) bond motifs is 1. The Morgan fingerprint density at radius 1 is 1.19 bits per heavy atom. The number of H-pyrrole nitrogens is 1. The number of aromatic nitrogens is 2. The SMILES string of the molecule is Cc1c(CC(=O)c2ccc3c(=O)[nH]nc(Cl)c3c2)cccc1C(F)(F)F. The van der Waals surface area contributed by atoms with E-state index in [0.29, 0.717) is 10.9 Å². The van der Waals surface area contributed by atoms with Gasteiger partial charge in [-0.1, -0.05) is 29.8 Å². The summed E-state index contributed by atoms with van der Waals surface area (Å²) in [6.07, 6.45) is -4.68. The lowest BCUT2D eigenvalue weighted by Crippen LogP contribution is -2.12. The van der Waals surface area contributed by atoms with E-state index in [1.165, 1.54) is 37.3 Å². The third-order valence-corrected chi connectivity index (χ3v) is 4.45. The first-order valence-corrected chi connectivity index (χ1v) is 7.93. The van der Waals surface area contributed by atoms with Gasteiger partial charge < -0.3 is 0 Å². The average molecular weight is 381 g/mol. The molecule has 3 aromatic rings. The van der Waals surface area contributed by atoms with Crippen LogP contribution in [0.4, 0.5) is 13.2 Å². The standard InChI is InChI=1S/C18H12ClF3N2O2/c1-9-10(3-2-4-14(9)18(20,21)22)8-15(25)11-5-6-12-13(7-11)16(19)23-24-17(12)26/h2-7H,8H2,1H3,(H,24,26). The summed E-state index contributed by atoms with van der Waals surface area (Å²) in [4.78, 5) is 24.2. The number of benzene rings is 2. The molecule has 2 aromatic carbocycles. The minimum Gasteiger partial charge on any atom is -0.294 e. The summed E-state index contributed by atoms with van der Waals surface area (Å²) < 4.78 is 39.0. The molecule has 0 saturated heterocycles. The topological polar surface area (TPSA) is 62.8 Å². The molecule has 0 fully saturated rings. The number of nitrogens with zero attached hydrogens (tertiary/aromatic N) is 1. The Balaban J connectivity index is 1.98. The van der Waals surface area contributed by atoms with Crippen LogP contribution in [0.25, 0.3) is 10.8 Å². The normalized spacial score (nSPS) is 11.7. The van der Waals surface area contributed by atoms with Gasteiger partial charge in [0.05, 0.1) is 10.9 Å². The molecule has 26 heavy (non-hydrogen) atoms. The number of hydrogen-bond acceptors (Lipinski definition) is 3. The molecule has 134 valence electrons. The van der Waals surface area contributed by atoms with E-state index >= 15 is 0 Å². The van der Waals surface area contributed by atoms with Crippen LogP contribution in [0.3, 0.4) is 0 Å². The number of aromatic amines is 1. The Labute approximate surface area is 150 Å². The Morgan fingerprint density at radius 3 is 2.62 bits per heavy atom. The van der Waals surface area contributed by atoms with Crippen molar-refractivity contribution in [2.24, 2.45) is 0 Å². The number of Topliss-reactive ketones (excluding diaryl/α,β-unsaturated/α-hetero) is 1. The second-order valence-corrected chi connectivity index (χ2v) is 6.15. The minimum absolute atomic E-state index is 0.0188. The summed E-state index contributed by atoms with van der Waals surface area (Å²) in [5.41, 5.74) is -0.661. The lowest BCUT2D eigenvalue weighted by molar-refractivity contribution is -0.138. The van der Waals surface area contributed by atoms with E-state index in [1.807, 2.05) is 0 Å². The van der Waals surface area contributed by atoms with Gasteiger partial charge in [0.2, 0.25) is 0 Å². The first kappa shape index (κ1) is 18.1. The van der Waals surface area contributed by atoms with Crippen LogP contribution < -0.4 is 5.56 Å². The van der Waals surface area contributed by atoms with Crippen molar-refractivity contribution in [3.8, 4) is 0 Å². The molecule has 0 spiro atoms. The van der Waals surface area contributed by atoms with Crippen LogP contribution in [-0.4, -0.2) is 16.0 Å². The van der Waals surface area contributed by atoms with Crippen molar-refractivity contribution in [2.75, 3.05) is 0 Å². The van der Waals surface area contributed by atoms with Crippen LogP contribution in [0.2, 0.25) is 5.15 Å². The highest BCUT2D eigenvalue weighted by atomic mass is 35.5. The molecule has 0 radical (unpaired) electrons. The Morgan fingerprint density at radius 2 is 1.92 bits per heavy atom. The molecular weight excluding hydrogens is 369 g/mol. The zero-order valence-electron chi connectivity index (χ0n) is 13.4. The predicted octanol–water partition coefficient (Wildman–Crippen LogP) is 4.33. The van der Waals surface area contributed by atoms with Gasteiger partial charge in [-0.3, -0.25) is 9.59 Å². The van der Waals surface area contributed by atoms with Crippen molar-refractivity contribution >= 4 is 28.2 Å². The summed E-state index contributed by atoms with van der Waals surface area (Å²) >= 11 is 5.94. The van der Waals surface area contributed by atoms with Gasteiger partial charge in [-0.15, -0.1) is 0 Å². The number of rotatable bonds is 3. The third-order valence-electron chi connectivity index (χ3n) is 4.17. The summed E-state index contributed by atoms with van der Waals surface area (Å²) in [7, 11) is 0. The molecular formula is C18H12ClF3N2O2. The average Bonchev–Trinajstić information content (AvgIpc) is 2.58. The van der Waals surface area contributed by atoms with E-state index in [1.54, 1.807) is 0 Å². The molecule has 0 aliphatic heterocycles. The largest absolute Gasteiger partial charge is 0.416 e. The van der Waals surface area contributed by atoms with Gasteiger partial charge >= 0.3 is 6.18 Å². The van der Waals surface area contributed by atoms with Crippen LogP contribution >= 0.6 is 11.6 Å². The number of halogens is 4. The maximum atomic E-state index is 13.0. The van der Waals surface area contributed by atoms with Gasteiger partial charge in [0.25, 0.3) is 5.56 Å². The Bertz CT molecular complexity index is 1070. The fourth-order valence-corrected chi connectivity index (χ4v) is 2.96. The van der Waals surface area contributed by atoms with Gasteiger partial charge in [0.15, 0.2) is 10.9 Å². The molecule has 0 unspecified atom stereocenters. The molecule has 8 heteroatoms. The first-order valence-electron chi connectivity index (χ1n) is 7.55. The second kappa shape index (κ2) is 6.57. The maximum absolute atomic E-state index is 13.0. The molecule has 1 heterocycles. The molecule has 0 saturated carbocycles. The highest BCUT2D eigenvalue weighted by Crippen LogP contribution is 2.33. The number of ketones is 1. The van der Waals surface area contributed by atoms with Crippen molar-refractivity contribution in [2.45, 2.75) is 19.5 Å². The highest BCUT2D eigenvalue weighted by molar-refractivity contribution is 6.34. The lowest BCUT2D eigenvalue weighted by atomic mass is 9.95. The molecule has 0 amide bonds. The first-order chi connectivity index (χ1) is 12.2. The monoisotopic (exact) mass is 380 g/mol. The molecule has 0 bridgehead atoms. The number of nitrogens with one attached hydrogen (secondary N) is 1. The van der Waals surface area contributed by atoms with Crippen molar-refractivity contribution in [3.05, 3.63) is 74.2 Å². The third kappa shape index (κ3) is 3.35. The molecule has 4 nitrogen and oxygen atoms in total. The van der Waals surface area contributed by atoms with Crippen LogP contribution in [0.1, 0.15) is 27.0 Å². The predicted molar refractivity (Wildman–Crippen MR) is 91.6 cm³/mol. The number of hydrogen-bond donors (Lipinski definition) is 1. The molecule has 0 aliphatic carbocycles. The zero-order valence-corrected chi connectivity index (χ0v) is 14.2. The van der Waals surface area contributed by atoms with Gasteiger partial charge in [-0.05, 0) is 36.2 Å². The van der Waals surface area contributed by atoms with Crippen molar-refractivity contribution in [3.63, 3.8) is 0 Å². The minimum atomic E-state index is -4.48. The summed E-state index contributed by atoms with van der Waals surface area (Å²) in [5, 5.41) is 6.48. The fraction of sp³-hybridized carbons (Fsp3) is 0.167. The Hall–Kier alpha value is -2.67. The Kier molecular flexibility index (Phi) is 4.58. The van der Waals surface area contributed by atoms with E-state index in [0.717, 1.165) is 6.07 Å². The fourth-order valence-electron chi connectivity index (χ4n) is 2.76. The number of carbonyl (C=O) groups excluding carboxylic acids is 1. The number of carbonyl (C=O) groups is 1. The summed E-state index contributed by atoms with van der Waals surface area (Å²) in [6, 6.07) is 8.05. The zero-order chi connectivity index (χ0) is 19.1. The highest BCUT2D eigenvalue weighted by Gasteiger charge is 2.33. The molecule has 0 atom stereocenters. The van der Waals surface area contributed by atoms with E-state index < -0.39 is 17.3 Å². The van der Waals surface area contributed by atoms with Crippen LogP contribution in [0, 0.1) is 6.92 Å².